The summed E-state index contributed by atoms with van der Waals surface area (Å²) in [6, 6.07) is -0.110. The van der Waals surface area contributed by atoms with Gasteiger partial charge in [-0.05, 0) is 38.0 Å². The molecule has 3 N–H and O–H groups in total. The van der Waals surface area contributed by atoms with E-state index in [0.717, 1.165) is 38.7 Å². The molecular weight excluding hydrogens is 236 g/mol. The normalized spacial score (nSPS) is 26.2. The molecule has 0 radical (unpaired) electrons. The van der Waals surface area contributed by atoms with Crippen LogP contribution in [0.15, 0.2) is 0 Å². The van der Waals surface area contributed by atoms with E-state index in [-0.39, 0.29) is 18.1 Å². The molecule has 1 saturated carbocycles. The van der Waals surface area contributed by atoms with E-state index in [1.807, 2.05) is 0 Å². The number of carbonyl (C=O) groups is 1. The second-order valence-electron chi connectivity index (χ2n) is 4.98. The second kappa shape index (κ2) is 5.78. The maximum absolute atomic E-state index is 11.9. The van der Waals surface area contributed by atoms with Gasteiger partial charge in [0, 0.05) is 6.61 Å². The highest BCUT2D eigenvalue weighted by atomic mass is 32.1. The number of thiocarbonyl (C=S) groups is 1. The van der Waals surface area contributed by atoms with Crippen LogP contribution in [0.25, 0.3) is 0 Å². The Bertz CT molecular complexity index is 299. The molecule has 2 fully saturated rings. The van der Waals surface area contributed by atoms with Crippen molar-refractivity contribution >= 4 is 23.1 Å². The summed E-state index contributed by atoms with van der Waals surface area (Å²) in [6.07, 6.45) is 5.98. The van der Waals surface area contributed by atoms with Gasteiger partial charge in [0.25, 0.3) is 0 Å². The third kappa shape index (κ3) is 3.92. The van der Waals surface area contributed by atoms with Crippen molar-refractivity contribution in [2.24, 2.45) is 11.7 Å². The van der Waals surface area contributed by atoms with Crippen LogP contribution in [0.2, 0.25) is 0 Å². The van der Waals surface area contributed by atoms with Crippen molar-refractivity contribution in [3.05, 3.63) is 0 Å². The zero-order valence-corrected chi connectivity index (χ0v) is 10.8. The lowest BCUT2D eigenvalue weighted by Crippen LogP contribution is -2.46. The van der Waals surface area contributed by atoms with Crippen molar-refractivity contribution < 1.29 is 9.53 Å². The van der Waals surface area contributed by atoms with Crippen molar-refractivity contribution in [2.45, 2.75) is 50.7 Å². The molecule has 0 aromatic carbocycles. The number of nitrogens with one attached hydrogen (secondary N) is 1. The number of hydrogen-bond donors (Lipinski definition) is 2. The minimum Gasteiger partial charge on any atom is -0.392 e. The molecule has 2 unspecified atom stereocenters. The Morgan fingerprint density at radius 3 is 2.71 bits per heavy atom. The van der Waals surface area contributed by atoms with Crippen LogP contribution in [0.3, 0.4) is 0 Å². The van der Waals surface area contributed by atoms with Crippen LogP contribution in [0, 0.1) is 5.92 Å². The summed E-state index contributed by atoms with van der Waals surface area (Å²) in [7, 11) is 0. The summed E-state index contributed by atoms with van der Waals surface area (Å²) in [4.78, 5) is 12.3. The van der Waals surface area contributed by atoms with E-state index in [9.17, 15) is 4.79 Å². The van der Waals surface area contributed by atoms with Crippen molar-refractivity contribution in [3.63, 3.8) is 0 Å². The molecule has 1 amide bonds. The molecule has 1 aliphatic carbocycles. The van der Waals surface area contributed by atoms with Gasteiger partial charge < -0.3 is 15.8 Å². The average molecular weight is 256 g/mol. The van der Waals surface area contributed by atoms with Crippen LogP contribution in [-0.2, 0) is 9.53 Å². The Hall–Kier alpha value is -0.680. The lowest BCUT2D eigenvalue weighted by atomic mass is 10.1. The van der Waals surface area contributed by atoms with E-state index in [1.54, 1.807) is 0 Å². The number of carbonyl (C=O) groups excluding carboxylic acids is 1. The van der Waals surface area contributed by atoms with Crippen LogP contribution in [0.5, 0.6) is 0 Å². The Balaban J connectivity index is 1.76. The first kappa shape index (κ1) is 12.8. The zero-order valence-electron chi connectivity index (χ0n) is 9.98. The van der Waals surface area contributed by atoms with Crippen LogP contribution in [0.1, 0.15) is 38.5 Å². The molecule has 0 aromatic heterocycles. The van der Waals surface area contributed by atoms with Crippen molar-refractivity contribution in [2.75, 3.05) is 6.61 Å². The van der Waals surface area contributed by atoms with Gasteiger partial charge in [-0.1, -0.05) is 12.2 Å². The SMILES string of the molecule is NC(=S)C(NC(=O)CC1CCCCO1)C1CC1. The monoisotopic (exact) mass is 256 g/mol. The number of rotatable bonds is 5. The van der Waals surface area contributed by atoms with Crippen LogP contribution in [-0.4, -0.2) is 29.6 Å². The van der Waals surface area contributed by atoms with Gasteiger partial charge in [-0.3, -0.25) is 4.79 Å². The zero-order chi connectivity index (χ0) is 12.3. The molecule has 5 heteroatoms. The predicted molar refractivity (Wildman–Crippen MR) is 69.6 cm³/mol. The summed E-state index contributed by atoms with van der Waals surface area (Å²) in [5.74, 6) is 0.477. The van der Waals surface area contributed by atoms with Gasteiger partial charge in [0.2, 0.25) is 5.91 Å². The quantitative estimate of drug-likeness (QED) is 0.724. The molecule has 1 saturated heterocycles. The molecular formula is C12H20N2O2S. The lowest BCUT2D eigenvalue weighted by molar-refractivity contribution is -0.125. The first-order valence-corrected chi connectivity index (χ1v) is 6.78. The fraction of sp³-hybridized carbons (Fsp3) is 0.833. The molecule has 0 spiro atoms. The maximum Gasteiger partial charge on any atom is 0.223 e. The van der Waals surface area contributed by atoms with Gasteiger partial charge in [-0.15, -0.1) is 0 Å². The molecule has 96 valence electrons. The highest BCUT2D eigenvalue weighted by Crippen LogP contribution is 2.32. The summed E-state index contributed by atoms with van der Waals surface area (Å²) in [5, 5.41) is 2.94. The molecule has 4 nitrogen and oxygen atoms in total. The molecule has 17 heavy (non-hydrogen) atoms. The largest absolute Gasteiger partial charge is 0.392 e. The highest BCUT2D eigenvalue weighted by Gasteiger charge is 2.34. The van der Waals surface area contributed by atoms with Gasteiger partial charge in [-0.2, -0.15) is 0 Å². The third-order valence-electron chi connectivity index (χ3n) is 3.40. The number of amides is 1. The summed E-state index contributed by atoms with van der Waals surface area (Å²) in [6.45, 7) is 0.777. The Morgan fingerprint density at radius 2 is 2.18 bits per heavy atom. The van der Waals surface area contributed by atoms with Gasteiger partial charge in [0.15, 0.2) is 0 Å². The molecule has 1 heterocycles. The van der Waals surface area contributed by atoms with Crippen LogP contribution >= 0.6 is 12.2 Å². The standard InChI is InChI=1S/C12H20N2O2S/c13-12(17)11(8-4-5-8)14-10(15)7-9-3-1-2-6-16-9/h8-9,11H,1-7H2,(H2,13,17)(H,14,15). The summed E-state index contributed by atoms with van der Waals surface area (Å²) in [5.41, 5.74) is 5.64. The Kier molecular flexibility index (Phi) is 4.34. The third-order valence-corrected chi connectivity index (χ3v) is 3.66. The van der Waals surface area contributed by atoms with Gasteiger partial charge in [0.05, 0.1) is 23.6 Å². The first-order valence-electron chi connectivity index (χ1n) is 6.37. The fourth-order valence-electron chi connectivity index (χ4n) is 2.26. The van der Waals surface area contributed by atoms with E-state index < -0.39 is 0 Å². The second-order valence-corrected chi connectivity index (χ2v) is 5.45. The average Bonchev–Trinajstić information content (AvgIpc) is 3.11. The lowest BCUT2D eigenvalue weighted by Gasteiger charge is -2.23. The van der Waals surface area contributed by atoms with Gasteiger partial charge in [-0.25, -0.2) is 0 Å². The molecule has 1 aliphatic heterocycles. The first-order chi connectivity index (χ1) is 8.16. The maximum atomic E-state index is 11.9. The Morgan fingerprint density at radius 1 is 1.41 bits per heavy atom. The smallest absolute Gasteiger partial charge is 0.223 e. The molecule has 2 rings (SSSR count). The van der Waals surface area contributed by atoms with Crippen molar-refractivity contribution in [1.82, 2.24) is 5.32 Å². The number of hydrogen-bond acceptors (Lipinski definition) is 3. The van der Waals surface area contributed by atoms with Crippen LogP contribution in [0.4, 0.5) is 0 Å². The van der Waals surface area contributed by atoms with Gasteiger partial charge >= 0.3 is 0 Å². The predicted octanol–water partition coefficient (Wildman–Crippen LogP) is 1.13. The minimum absolute atomic E-state index is 0.0154. The fourth-order valence-corrected chi connectivity index (χ4v) is 2.51. The summed E-state index contributed by atoms with van der Waals surface area (Å²) < 4.78 is 5.54. The Labute approximate surface area is 107 Å². The molecule has 2 aliphatic rings. The number of nitrogens with two attached hydrogens (primary N) is 1. The topological polar surface area (TPSA) is 64.3 Å². The molecule has 2 atom stereocenters. The van der Waals surface area contributed by atoms with Crippen molar-refractivity contribution in [1.29, 1.82) is 0 Å². The highest BCUT2D eigenvalue weighted by molar-refractivity contribution is 7.80. The van der Waals surface area contributed by atoms with Gasteiger partial charge in [0.1, 0.15) is 0 Å². The van der Waals surface area contributed by atoms with Crippen LogP contribution < -0.4 is 11.1 Å². The molecule has 0 aromatic rings. The molecule has 0 bridgehead atoms. The minimum atomic E-state index is -0.110. The summed E-state index contributed by atoms with van der Waals surface area (Å²) >= 11 is 4.99. The number of ether oxygens (including phenoxy) is 1. The van der Waals surface area contributed by atoms with E-state index >= 15 is 0 Å². The van der Waals surface area contributed by atoms with Crippen molar-refractivity contribution in [3.8, 4) is 0 Å². The van der Waals surface area contributed by atoms with E-state index in [2.05, 4.69) is 5.32 Å². The van der Waals surface area contributed by atoms with E-state index in [4.69, 9.17) is 22.7 Å². The van der Waals surface area contributed by atoms with E-state index in [1.165, 1.54) is 0 Å². The van der Waals surface area contributed by atoms with E-state index in [0.29, 0.717) is 17.3 Å².